The van der Waals surface area contributed by atoms with E-state index in [-0.39, 0.29) is 0 Å². The molecule has 0 aliphatic heterocycles. The number of benzene rings is 4. The van der Waals surface area contributed by atoms with Gasteiger partial charge >= 0.3 is 0 Å². The van der Waals surface area contributed by atoms with E-state index in [2.05, 4.69) is 112 Å². The summed E-state index contributed by atoms with van der Waals surface area (Å²) in [6.07, 6.45) is 0. The Labute approximate surface area is 178 Å². The average molecular weight is 400 g/mol. The molecule has 0 bridgehead atoms. The second-order valence-electron chi connectivity index (χ2n) is 8.24. The topological polar surface area (TPSA) is 27.2 Å². The van der Waals surface area contributed by atoms with Gasteiger partial charge in [0, 0.05) is 28.9 Å². The smallest absolute Gasteiger partial charge is 0.216 e. The fourth-order valence-corrected chi connectivity index (χ4v) is 5.07. The first-order chi connectivity index (χ1) is 15.3. The normalized spacial score (nSPS) is 12.2. The average Bonchev–Trinajstić information content (AvgIpc) is 3.43. The maximum Gasteiger partial charge on any atom is 0.216 e. The predicted octanol–water partition coefficient (Wildman–Crippen LogP) is 6.14. The van der Waals surface area contributed by atoms with Crippen LogP contribution in [-0.4, -0.2) is 18.5 Å². The molecular weight excluding hydrogens is 380 g/mol. The van der Waals surface area contributed by atoms with Gasteiger partial charge in [-0.3, -0.25) is 4.40 Å². The van der Waals surface area contributed by atoms with Crippen LogP contribution in [0.2, 0.25) is 0 Å². The Morgan fingerprint density at radius 1 is 0.645 bits per heavy atom. The summed E-state index contributed by atoms with van der Waals surface area (Å²) >= 11 is 0. The van der Waals surface area contributed by atoms with E-state index in [4.69, 9.17) is 4.98 Å². The Morgan fingerprint density at radius 2 is 1.32 bits per heavy atom. The van der Waals surface area contributed by atoms with Gasteiger partial charge in [0.2, 0.25) is 5.78 Å². The Hall–Kier alpha value is -4.05. The van der Waals surface area contributed by atoms with Crippen molar-refractivity contribution in [1.29, 1.82) is 0 Å². The summed E-state index contributed by atoms with van der Waals surface area (Å²) in [5.74, 6) is 0.986. The highest BCUT2D eigenvalue weighted by Gasteiger charge is 2.16. The minimum Gasteiger partial charge on any atom is -0.344 e. The number of hydrogen-bond donors (Lipinski definition) is 0. The van der Waals surface area contributed by atoms with E-state index in [1.54, 1.807) is 0 Å². The Balaban J connectivity index is 1.49. The van der Waals surface area contributed by atoms with Crippen LogP contribution in [0, 0.1) is 0 Å². The van der Waals surface area contributed by atoms with Gasteiger partial charge in [-0.2, -0.15) is 0 Å². The summed E-state index contributed by atoms with van der Waals surface area (Å²) in [5.41, 5.74) is 8.38. The summed E-state index contributed by atoms with van der Waals surface area (Å²) in [6.45, 7) is 0.777. The molecule has 7 aromatic rings. The van der Waals surface area contributed by atoms with Gasteiger partial charge in [-0.25, -0.2) is 4.98 Å². The van der Waals surface area contributed by atoms with E-state index < -0.39 is 0 Å². The van der Waals surface area contributed by atoms with E-state index in [1.165, 1.54) is 38.4 Å². The number of imidazole rings is 2. The quantitative estimate of drug-likeness (QED) is 0.343. The second kappa shape index (κ2) is 5.99. The zero-order valence-corrected chi connectivity index (χ0v) is 17.2. The van der Waals surface area contributed by atoms with Crippen LogP contribution in [0.1, 0.15) is 5.56 Å². The van der Waals surface area contributed by atoms with E-state index in [0.29, 0.717) is 0 Å². The minimum atomic E-state index is 0.777. The van der Waals surface area contributed by atoms with Crippen LogP contribution in [0.5, 0.6) is 0 Å². The monoisotopic (exact) mass is 400 g/mol. The van der Waals surface area contributed by atoms with Crippen LogP contribution in [-0.2, 0) is 13.6 Å². The SMILES string of the molecule is Cn1c2ccccc2c2cc(Cn3c4ccccc4n4c5ccccc5nc34)ccc21. The van der Waals surface area contributed by atoms with Crippen molar-refractivity contribution in [3.8, 4) is 0 Å². The lowest BCUT2D eigenvalue weighted by Crippen LogP contribution is -2.00. The van der Waals surface area contributed by atoms with Crippen molar-refractivity contribution in [2.24, 2.45) is 7.05 Å². The first-order valence-corrected chi connectivity index (χ1v) is 10.6. The van der Waals surface area contributed by atoms with Crippen LogP contribution >= 0.6 is 0 Å². The van der Waals surface area contributed by atoms with Crippen LogP contribution in [0.4, 0.5) is 0 Å². The molecule has 0 atom stereocenters. The molecule has 4 nitrogen and oxygen atoms in total. The first-order valence-electron chi connectivity index (χ1n) is 10.6. The molecule has 0 N–H and O–H groups in total. The zero-order chi connectivity index (χ0) is 20.5. The second-order valence-corrected chi connectivity index (χ2v) is 8.24. The summed E-state index contributed by atoms with van der Waals surface area (Å²) in [4.78, 5) is 4.99. The molecule has 0 spiro atoms. The maximum atomic E-state index is 4.99. The third-order valence-corrected chi connectivity index (χ3v) is 6.52. The molecule has 148 valence electrons. The fraction of sp³-hybridized carbons (Fsp3) is 0.0741. The third kappa shape index (κ3) is 2.22. The van der Waals surface area contributed by atoms with Crippen molar-refractivity contribution in [2.45, 2.75) is 6.54 Å². The molecular formula is C27H20N4. The van der Waals surface area contributed by atoms with Crippen LogP contribution in [0.15, 0.2) is 91.0 Å². The highest BCUT2D eigenvalue weighted by atomic mass is 15.2. The van der Waals surface area contributed by atoms with Crippen molar-refractivity contribution in [3.63, 3.8) is 0 Å². The molecule has 3 heterocycles. The largest absolute Gasteiger partial charge is 0.344 e. The van der Waals surface area contributed by atoms with Crippen molar-refractivity contribution < 1.29 is 0 Å². The molecule has 0 aliphatic rings. The third-order valence-electron chi connectivity index (χ3n) is 6.52. The lowest BCUT2D eigenvalue weighted by atomic mass is 10.1. The number of nitrogens with zero attached hydrogens (tertiary/aromatic N) is 4. The first kappa shape index (κ1) is 16.7. The summed E-state index contributed by atoms with van der Waals surface area (Å²) in [7, 11) is 2.14. The van der Waals surface area contributed by atoms with E-state index in [9.17, 15) is 0 Å². The highest BCUT2D eigenvalue weighted by Crippen LogP contribution is 2.31. The lowest BCUT2D eigenvalue weighted by molar-refractivity contribution is 0.848. The van der Waals surface area contributed by atoms with E-state index in [0.717, 1.165) is 23.4 Å². The fourth-order valence-electron chi connectivity index (χ4n) is 5.07. The highest BCUT2D eigenvalue weighted by molar-refractivity contribution is 6.08. The Kier molecular flexibility index (Phi) is 3.23. The Bertz CT molecular complexity index is 1780. The molecule has 0 fully saturated rings. The van der Waals surface area contributed by atoms with Gasteiger partial charge in [-0.1, -0.05) is 48.5 Å². The molecule has 0 saturated heterocycles. The molecule has 4 aromatic carbocycles. The molecule has 7 rings (SSSR count). The number of fused-ring (bicyclic) bond motifs is 8. The van der Waals surface area contributed by atoms with Gasteiger partial charge in [-0.15, -0.1) is 0 Å². The van der Waals surface area contributed by atoms with Crippen molar-refractivity contribution >= 4 is 49.7 Å². The summed E-state index contributed by atoms with van der Waals surface area (Å²) in [5, 5.41) is 2.60. The van der Waals surface area contributed by atoms with Crippen molar-refractivity contribution in [2.75, 3.05) is 0 Å². The van der Waals surface area contributed by atoms with Gasteiger partial charge in [0.25, 0.3) is 0 Å². The minimum absolute atomic E-state index is 0.777. The lowest BCUT2D eigenvalue weighted by Gasteiger charge is -2.06. The number of aromatic nitrogens is 4. The van der Waals surface area contributed by atoms with Gasteiger partial charge in [0.15, 0.2) is 0 Å². The van der Waals surface area contributed by atoms with E-state index in [1.807, 2.05) is 0 Å². The number of aryl methyl sites for hydroxylation is 1. The zero-order valence-electron chi connectivity index (χ0n) is 17.2. The van der Waals surface area contributed by atoms with Crippen LogP contribution in [0.25, 0.3) is 49.7 Å². The Morgan fingerprint density at radius 3 is 2.19 bits per heavy atom. The molecule has 0 aliphatic carbocycles. The molecule has 31 heavy (non-hydrogen) atoms. The molecule has 3 aromatic heterocycles. The van der Waals surface area contributed by atoms with Crippen molar-refractivity contribution in [3.05, 3.63) is 96.6 Å². The van der Waals surface area contributed by atoms with Crippen molar-refractivity contribution in [1.82, 2.24) is 18.5 Å². The molecule has 0 radical (unpaired) electrons. The number of hydrogen-bond acceptors (Lipinski definition) is 1. The van der Waals surface area contributed by atoms with Gasteiger partial charge in [0.05, 0.1) is 28.6 Å². The van der Waals surface area contributed by atoms with Crippen LogP contribution in [0.3, 0.4) is 0 Å². The molecule has 0 amide bonds. The van der Waals surface area contributed by atoms with Gasteiger partial charge < -0.3 is 9.13 Å². The van der Waals surface area contributed by atoms with Gasteiger partial charge in [-0.05, 0) is 48.0 Å². The van der Waals surface area contributed by atoms with Crippen LogP contribution < -0.4 is 0 Å². The van der Waals surface area contributed by atoms with E-state index >= 15 is 0 Å². The predicted molar refractivity (Wildman–Crippen MR) is 128 cm³/mol. The summed E-state index contributed by atoms with van der Waals surface area (Å²) in [6, 6.07) is 32.4. The molecule has 4 heteroatoms. The molecule has 0 saturated carbocycles. The maximum absolute atomic E-state index is 4.99. The number of para-hydroxylation sites is 5. The molecule has 0 unspecified atom stereocenters. The summed E-state index contributed by atoms with van der Waals surface area (Å²) < 4.78 is 6.89. The standard InChI is InChI=1S/C27H20N4/c1-29-22-10-4-2-8-19(22)20-16-18(14-15-23(20)29)17-30-25-12-6-7-13-26(25)31-24-11-5-3-9-21(24)28-27(30)31/h2-16H,17H2,1H3. The van der Waals surface area contributed by atoms with Gasteiger partial charge in [0.1, 0.15) is 0 Å². The number of rotatable bonds is 2.